The molecule has 2 rings (SSSR count). The number of benzene rings is 1. The SMILES string of the molecule is CC(C(=O)NC(CC(=O)O)C(=O)CF)n1c(=O)ccc2ccccc21. The van der Waals surface area contributed by atoms with E-state index in [-0.39, 0.29) is 0 Å². The zero-order chi connectivity index (χ0) is 18.6. The van der Waals surface area contributed by atoms with Crippen LogP contribution in [0.2, 0.25) is 0 Å². The number of carbonyl (C=O) groups excluding carboxylic acids is 2. The normalized spacial score (nSPS) is 13.2. The average molecular weight is 348 g/mol. The van der Waals surface area contributed by atoms with Crippen molar-refractivity contribution in [2.75, 3.05) is 6.67 Å². The van der Waals surface area contributed by atoms with Gasteiger partial charge >= 0.3 is 5.97 Å². The summed E-state index contributed by atoms with van der Waals surface area (Å²) in [5.41, 5.74) is 0.0946. The topological polar surface area (TPSA) is 105 Å². The predicted molar refractivity (Wildman–Crippen MR) is 88.1 cm³/mol. The number of Topliss-reactive ketones (excluding diaryl/α,β-unsaturated/α-hetero) is 1. The van der Waals surface area contributed by atoms with Gasteiger partial charge in [-0.1, -0.05) is 18.2 Å². The number of nitrogens with zero attached hydrogens (tertiary/aromatic N) is 1. The summed E-state index contributed by atoms with van der Waals surface area (Å²) in [5.74, 6) is -3.12. The molecular weight excluding hydrogens is 331 g/mol. The summed E-state index contributed by atoms with van der Waals surface area (Å²) >= 11 is 0. The van der Waals surface area contributed by atoms with Crippen LogP contribution in [0.15, 0.2) is 41.2 Å². The van der Waals surface area contributed by atoms with Gasteiger partial charge in [0, 0.05) is 6.07 Å². The number of carboxylic acid groups (broad SMARTS) is 1. The van der Waals surface area contributed by atoms with Gasteiger partial charge in [-0.15, -0.1) is 0 Å². The van der Waals surface area contributed by atoms with Crippen molar-refractivity contribution < 1.29 is 23.9 Å². The highest BCUT2D eigenvalue weighted by atomic mass is 19.1. The molecule has 0 fully saturated rings. The Balaban J connectivity index is 2.34. The number of alkyl halides is 1. The summed E-state index contributed by atoms with van der Waals surface area (Å²) in [4.78, 5) is 46.9. The number of rotatable bonds is 7. The number of hydrogen-bond donors (Lipinski definition) is 2. The van der Waals surface area contributed by atoms with E-state index < -0.39 is 48.4 Å². The molecule has 132 valence electrons. The van der Waals surface area contributed by atoms with Gasteiger partial charge in [-0.2, -0.15) is 0 Å². The number of aromatic nitrogens is 1. The number of ketones is 1. The highest BCUT2D eigenvalue weighted by Crippen LogP contribution is 2.16. The standard InChI is InChI=1S/C17H17FN2O5/c1-10(17(25)19-12(8-16(23)24)14(21)9-18)20-13-5-3-2-4-11(13)6-7-15(20)22/h2-7,10,12H,8-9H2,1H3,(H,19,25)(H,23,24). The number of para-hydroxylation sites is 1. The Hall–Kier alpha value is -3.03. The maximum absolute atomic E-state index is 12.6. The summed E-state index contributed by atoms with van der Waals surface area (Å²) in [6, 6.07) is 7.38. The maximum Gasteiger partial charge on any atom is 0.305 e. The van der Waals surface area contributed by atoms with Crippen molar-refractivity contribution in [3.05, 3.63) is 46.8 Å². The minimum Gasteiger partial charge on any atom is -0.481 e. The predicted octanol–water partition coefficient (Wildman–Crippen LogP) is 1.06. The second-order valence-corrected chi connectivity index (χ2v) is 5.54. The van der Waals surface area contributed by atoms with Crippen LogP contribution in [0, 0.1) is 0 Å². The molecule has 2 unspecified atom stereocenters. The van der Waals surface area contributed by atoms with Gasteiger partial charge in [0.1, 0.15) is 18.8 Å². The number of carbonyl (C=O) groups is 3. The summed E-state index contributed by atoms with van der Waals surface area (Å²) in [7, 11) is 0. The van der Waals surface area contributed by atoms with E-state index >= 15 is 0 Å². The Morgan fingerprint density at radius 3 is 2.52 bits per heavy atom. The fourth-order valence-corrected chi connectivity index (χ4v) is 2.53. The molecule has 2 aromatic rings. The van der Waals surface area contributed by atoms with E-state index in [1.165, 1.54) is 17.6 Å². The third-order valence-electron chi connectivity index (χ3n) is 3.82. The lowest BCUT2D eigenvalue weighted by Crippen LogP contribution is -2.46. The zero-order valence-electron chi connectivity index (χ0n) is 13.4. The van der Waals surface area contributed by atoms with Crippen molar-refractivity contribution >= 4 is 28.6 Å². The van der Waals surface area contributed by atoms with Gasteiger partial charge in [-0.05, 0) is 24.4 Å². The van der Waals surface area contributed by atoms with Gasteiger partial charge in [0.25, 0.3) is 5.56 Å². The Labute approximate surface area is 142 Å². The van der Waals surface area contributed by atoms with E-state index in [0.29, 0.717) is 5.52 Å². The molecular formula is C17H17FN2O5. The third-order valence-corrected chi connectivity index (χ3v) is 3.82. The zero-order valence-corrected chi connectivity index (χ0v) is 13.4. The molecule has 0 saturated carbocycles. The summed E-state index contributed by atoms with van der Waals surface area (Å²) in [5, 5.41) is 11.8. The van der Waals surface area contributed by atoms with Gasteiger partial charge in [-0.25, -0.2) is 4.39 Å². The van der Waals surface area contributed by atoms with Crippen LogP contribution in [0.5, 0.6) is 0 Å². The first kappa shape index (κ1) is 18.3. The van der Waals surface area contributed by atoms with Crippen LogP contribution in [0.25, 0.3) is 10.9 Å². The van der Waals surface area contributed by atoms with Gasteiger partial charge in [0.2, 0.25) is 5.91 Å². The number of carboxylic acids is 1. The van der Waals surface area contributed by atoms with Crippen LogP contribution in [-0.2, 0) is 14.4 Å². The lowest BCUT2D eigenvalue weighted by atomic mass is 10.1. The number of aliphatic carboxylic acids is 1. The molecule has 0 aliphatic rings. The minimum atomic E-state index is -1.48. The number of amides is 1. The van der Waals surface area contributed by atoms with Crippen molar-refractivity contribution in [2.45, 2.75) is 25.4 Å². The van der Waals surface area contributed by atoms with Crippen LogP contribution in [0.1, 0.15) is 19.4 Å². The molecule has 7 nitrogen and oxygen atoms in total. The molecule has 2 atom stereocenters. The quantitative estimate of drug-likeness (QED) is 0.778. The molecule has 1 heterocycles. The smallest absolute Gasteiger partial charge is 0.305 e. The molecule has 0 spiro atoms. The van der Waals surface area contributed by atoms with Gasteiger partial charge in [-0.3, -0.25) is 23.7 Å². The van der Waals surface area contributed by atoms with Gasteiger partial charge < -0.3 is 10.4 Å². The second kappa shape index (κ2) is 7.69. The van der Waals surface area contributed by atoms with Crippen molar-refractivity contribution in [1.82, 2.24) is 9.88 Å². The van der Waals surface area contributed by atoms with Gasteiger partial charge in [0.15, 0.2) is 5.78 Å². The van der Waals surface area contributed by atoms with Crippen LogP contribution in [0.4, 0.5) is 4.39 Å². The molecule has 1 aromatic heterocycles. The first-order chi connectivity index (χ1) is 11.8. The second-order valence-electron chi connectivity index (χ2n) is 5.54. The summed E-state index contributed by atoms with van der Waals surface area (Å²) in [6.45, 7) is 0.0573. The lowest BCUT2D eigenvalue weighted by molar-refractivity contribution is -0.140. The molecule has 0 radical (unpaired) electrons. The third kappa shape index (κ3) is 4.09. The summed E-state index contributed by atoms with van der Waals surface area (Å²) in [6.07, 6.45) is -0.731. The largest absolute Gasteiger partial charge is 0.481 e. The van der Waals surface area contributed by atoms with Crippen LogP contribution in [-0.4, -0.2) is 40.0 Å². The van der Waals surface area contributed by atoms with E-state index in [1.54, 1.807) is 30.3 Å². The van der Waals surface area contributed by atoms with Crippen molar-refractivity contribution in [2.24, 2.45) is 0 Å². The first-order valence-corrected chi connectivity index (χ1v) is 7.56. The Bertz CT molecular complexity index is 877. The molecule has 0 saturated heterocycles. The molecule has 0 aliphatic carbocycles. The first-order valence-electron chi connectivity index (χ1n) is 7.56. The van der Waals surface area contributed by atoms with Crippen LogP contribution < -0.4 is 10.9 Å². The van der Waals surface area contributed by atoms with Crippen LogP contribution in [0.3, 0.4) is 0 Å². The Morgan fingerprint density at radius 2 is 1.88 bits per heavy atom. The highest BCUT2D eigenvalue weighted by Gasteiger charge is 2.27. The van der Waals surface area contributed by atoms with Crippen LogP contribution >= 0.6 is 0 Å². The molecule has 1 aromatic carbocycles. The van der Waals surface area contributed by atoms with E-state index in [0.717, 1.165) is 5.39 Å². The number of nitrogens with one attached hydrogen (secondary N) is 1. The van der Waals surface area contributed by atoms with Crippen molar-refractivity contribution in [3.8, 4) is 0 Å². The molecule has 8 heteroatoms. The molecule has 0 aliphatic heterocycles. The van der Waals surface area contributed by atoms with Gasteiger partial charge in [0.05, 0.1) is 11.9 Å². The van der Waals surface area contributed by atoms with E-state index in [9.17, 15) is 23.6 Å². The monoisotopic (exact) mass is 348 g/mol. The fraction of sp³-hybridized carbons (Fsp3) is 0.294. The Morgan fingerprint density at radius 1 is 1.20 bits per heavy atom. The molecule has 1 amide bonds. The Kier molecular flexibility index (Phi) is 5.63. The molecule has 0 bridgehead atoms. The number of halogens is 1. The number of pyridine rings is 1. The fourth-order valence-electron chi connectivity index (χ4n) is 2.53. The van der Waals surface area contributed by atoms with E-state index in [4.69, 9.17) is 5.11 Å². The lowest BCUT2D eigenvalue weighted by Gasteiger charge is -2.20. The number of hydrogen-bond acceptors (Lipinski definition) is 4. The van der Waals surface area contributed by atoms with Crippen molar-refractivity contribution in [3.63, 3.8) is 0 Å². The van der Waals surface area contributed by atoms with E-state index in [2.05, 4.69) is 5.32 Å². The van der Waals surface area contributed by atoms with Crippen molar-refractivity contribution in [1.29, 1.82) is 0 Å². The maximum atomic E-state index is 12.6. The minimum absolute atomic E-state index is 0.423. The average Bonchev–Trinajstić information content (AvgIpc) is 2.59. The molecule has 2 N–H and O–H groups in total. The number of fused-ring (bicyclic) bond motifs is 1. The highest BCUT2D eigenvalue weighted by molar-refractivity contribution is 5.93. The molecule has 25 heavy (non-hydrogen) atoms. The van der Waals surface area contributed by atoms with E-state index in [1.807, 2.05) is 0 Å². The summed E-state index contributed by atoms with van der Waals surface area (Å²) < 4.78 is 13.8.